The number of pyridine rings is 2. The molecule has 7 heteroatoms. The van der Waals surface area contributed by atoms with E-state index < -0.39 is 23.7 Å². The molecule has 0 saturated carbocycles. The van der Waals surface area contributed by atoms with Crippen LogP contribution < -0.4 is 5.32 Å². The van der Waals surface area contributed by atoms with Crippen molar-refractivity contribution < 1.29 is 19.1 Å². The van der Waals surface area contributed by atoms with Gasteiger partial charge in [-0.15, -0.1) is 0 Å². The summed E-state index contributed by atoms with van der Waals surface area (Å²) in [7, 11) is 1.32. The molecule has 0 saturated heterocycles. The van der Waals surface area contributed by atoms with E-state index in [-0.39, 0.29) is 0 Å². The monoisotopic (exact) mass is 415 g/mol. The van der Waals surface area contributed by atoms with Gasteiger partial charge >= 0.3 is 12.1 Å². The van der Waals surface area contributed by atoms with Crippen molar-refractivity contribution in [1.29, 1.82) is 0 Å². The van der Waals surface area contributed by atoms with Crippen molar-refractivity contribution in [2.24, 2.45) is 0 Å². The Morgan fingerprint density at radius 3 is 2.53 bits per heavy atom. The Bertz CT molecular complexity index is 833. The van der Waals surface area contributed by atoms with Crippen LogP contribution in [0.5, 0.6) is 0 Å². The Morgan fingerprint density at radius 2 is 1.80 bits per heavy atom. The number of aryl methyl sites for hydroxylation is 1. The number of carbonyl (C=O) groups is 2. The van der Waals surface area contributed by atoms with Crippen LogP contribution in [0.3, 0.4) is 0 Å². The van der Waals surface area contributed by atoms with Gasteiger partial charge in [-0.1, -0.05) is 25.7 Å². The number of rotatable bonds is 10. The van der Waals surface area contributed by atoms with Crippen molar-refractivity contribution in [3.05, 3.63) is 36.2 Å². The molecule has 2 rings (SSSR count). The Balaban J connectivity index is 1.66. The van der Waals surface area contributed by atoms with Crippen LogP contribution in [0.25, 0.3) is 11.0 Å². The highest BCUT2D eigenvalue weighted by Gasteiger charge is 2.24. The van der Waals surface area contributed by atoms with Gasteiger partial charge in [0.05, 0.1) is 7.11 Å². The van der Waals surface area contributed by atoms with Crippen LogP contribution in [0.15, 0.2) is 30.5 Å². The molecule has 0 bridgehead atoms. The third-order valence-corrected chi connectivity index (χ3v) is 4.62. The molecule has 2 heterocycles. The largest absolute Gasteiger partial charge is 0.467 e. The highest BCUT2D eigenvalue weighted by molar-refractivity contribution is 5.81. The minimum Gasteiger partial charge on any atom is -0.467 e. The van der Waals surface area contributed by atoms with Gasteiger partial charge in [0.15, 0.2) is 5.65 Å². The lowest BCUT2D eigenvalue weighted by atomic mass is 10.0. The first-order valence-electron chi connectivity index (χ1n) is 10.6. The first-order chi connectivity index (χ1) is 14.3. The fourth-order valence-electron chi connectivity index (χ4n) is 3.16. The summed E-state index contributed by atoms with van der Waals surface area (Å²) in [6.07, 6.45) is 7.64. The lowest BCUT2D eigenvalue weighted by Gasteiger charge is -2.22. The molecule has 0 aliphatic carbocycles. The van der Waals surface area contributed by atoms with Crippen LogP contribution in [0, 0.1) is 0 Å². The molecule has 30 heavy (non-hydrogen) atoms. The van der Waals surface area contributed by atoms with Crippen molar-refractivity contribution in [2.75, 3.05) is 7.11 Å². The second-order valence-electron chi connectivity index (χ2n) is 8.38. The molecule has 1 N–H and O–H groups in total. The van der Waals surface area contributed by atoms with E-state index in [9.17, 15) is 9.59 Å². The highest BCUT2D eigenvalue weighted by atomic mass is 16.6. The summed E-state index contributed by atoms with van der Waals surface area (Å²) in [5.74, 6) is -0.447. The Morgan fingerprint density at radius 1 is 1.07 bits per heavy atom. The fourth-order valence-corrected chi connectivity index (χ4v) is 3.16. The standard InChI is InChI=1S/C23H33N3O4/c1-23(2,3)30-22(28)26-19(21(27)29-4)13-9-7-5-6-8-12-18-15-14-17-11-10-16-24-20(17)25-18/h10-11,14-16,19H,5-9,12-13H2,1-4H3,(H,26,28). The lowest BCUT2D eigenvalue weighted by molar-refractivity contribution is -0.143. The number of aromatic nitrogens is 2. The molecular weight excluding hydrogens is 382 g/mol. The van der Waals surface area contributed by atoms with E-state index in [2.05, 4.69) is 27.4 Å². The van der Waals surface area contributed by atoms with Gasteiger partial charge in [0.2, 0.25) is 0 Å². The minimum atomic E-state index is -0.681. The zero-order valence-electron chi connectivity index (χ0n) is 18.4. The summed E-state index contributed by atoms with van der Waals surface area (Å²) in [6.45, 7) is 5.34. The quantitative estimate of drug-likeness (QED) is 0.451. The van der Waals surface area contributed by atoms with Crippen LogP contribution >= 0.6 is 0 Å². The minimum absolute atomic E-state index is 0.447. The summed E-state index contributed by atoms with van der Waals surface area (Å²) in [5, 5.41) is 3.67. The second-order valence-corrected chi connectivity index (χ2v) is 8.38. The molecule has 0 aromatic carbocycles. The number of hydrogen-bond donors (Lipinski definition) is 1. The normalized spacial score (nSPS) is 12.4. The van der Waals surface area contributed by atoms with Crippen molar-refractivity contribution in [3.63, 3.8) is 0 Å². The third-order valence-electron chi connectivity index (χ3n) is 4.62. The van der Waals surface area contributed by atoms with Gasteiger partial charge in [-0.25, -0.2) is 19.6 Å². The predicted octanol–water partition coefficient (Wildman–Crippen LogP) is 4.58. The molecule has 0 aliphatic heterocycles. The average Bonchev–Trinajstić information content (AvgIpc) is 2.70. The number of nitrogens with one attached hydrogen (secondary N) is 1. The number of ether oxygens (including phenoxy) is 2. The fraction of sp³-hybridized carbons (Fsp3) is 0.565. The van der Waals surface area contributed by atoms with Crippen molar-refractivity contribution in [1.82, 2.24) is 15.3 Å². The van der Waals surface area contributed by atoms with Crippen molar-refractivity contribution in [2.45, 2.75) is 77.4 Å². The van der Waals surface area contributed by atoms with Gasteiger partial charge in [-0.3, -0.25) is 0 Å². The van der Waals surface area contributed by atoms with Crippen LogP contribution in [0.2, 0.25) is 0 Å². The number of nitrogens with zero attached hydrogens (tertiary/aromatic N) is 2. The highest BCUT2D eigenvalue weighted by Crippen LogP contribution is 2.14. The number of unbranched alkanes of at least 4 members (excludes halogenated alkanes) is 4. The van der Waals surface area contributed by atoms with Crippen molar-refractivity contribution >= 4 is 23.1 Å². The van der Waals surface area contributed by atoms with Gasteiger partial charge in [-0.2, -0.15) is 0 Å². The van der Waals surface area contributed by atoms with Crippen LogP contribution in [0.4, 0.5) is 4.79 Å². The molecule has 2 aromatic rings. The summed E-state index contributed by atoms with van der Waals surface area (Å²) < 4.78 is 10.0. The zero-order chi connectivity index (χ0) is 22.0. The molecule has 2 aromatic heterocycles. The Hall–Kier alpha value is -2.70. The smallest absolute Gasteiger partial charge is 0.408 e. The van der Waals surface area contributed by atoms with Gasteiger partial charge in [0, 0.05) is 17.3 Å². The molecule has 7 nitrogen and oxygen atoms in total. The molecule has 0 fully saturated rings. The van der Waals surface area contributed by atoms with Crippen LogP contribution in [0.1, 0.15) is 65.0 Å². The summed E-state index contributed by atoms with van der Waals surface area (Å²) in [4.78, 5) is 32.8. The number of methoxy groups -OCH3 is 1. The maximum atomic E-state index is 11.9. The number of fused-ring (bicyclic) bond motifs is 1. The zero-order valence-corrected chi connectivity index (χ0v) is 18.4. The van der Waals surface area contributed by atoms with E-state index in [4.69, 9.17) is 9.47 Å². The van der Waals surface area contributed by atoms with E-state index in [0.29, 0.717) is 6.42 Å². The summed E-state index contributed by atoms with van der Waals surface area (Å²) in [6, 6.07) is 7.37. The summed E-state index contributed by atoms with van der Waals surface area (Å²) >= 11 is 0. The van der Waals surface area contributed by atoms with Gasteiger partial charge < -0.3 is 14.8 Å². The number of alkyl carbamates (subject to hydrolysis) is 1. The Labute approximate surface area is 178 Å². The number of hydrogen-bond acceptors (Lipinski definition) is 6. The van der Waals surface area contributed by atoms with Gasteiger partial charge in [0.1, 0.15) is 11.6 Å². The number of carbonyl (C=O) groups excluding carboxylic acids is 2. The maximum Gasteiger partial charge on any atom is 0.408 e. The molecule has 1 amide bonds. The second kappa shape index (κ2) is 11.5. The van der Waals surface area contributed by atoms with E-state index in [1.54, 1.807) is 27.0 Å². The van der Waals surface area contributed by atoms with Gasteiger partial charge in [-0.05, 0) is 64.3 Å². The molecule has 164 valence electrons. The van der Waals surface area contributed by atoms with E-state index in [0.717, 1.165) is 55.3 Å². The predicted molar refractivity (Wildman–Crippen MR) is 116 cm³/mol. The Kier molecular flexibility index (Phi) is 9.02. The van der Waals surface area contributed by atoms with E-state index in [1.165, 1.54) is 7.11 Å². The molecule has 1 atom stereocenters. The van der Waals surface area contributed by atoms with Crippen LogP contribution in [-0.4, -0.2) is 40.8 Å². The lowest BCUT2D eigenvalue weighted by Crippen LogP contribution is -2.44. The van der Waals surface area contributed by atoms with E-state index in [1.807, 2.05) is 12.1 Å². The maximum absolute atomic E-state index is 11.9. The number of esters is 1. The van der Waals surface area contributed by atoms with Gasteiger partial charge in [0.25, 0.3) is 0 Å². The molecule has 0 aliphatic rings. The molecule has 0 spiro atoms. The van der Waals surface area contributed by atoms with Crippen LogP contribution in [-0.2, 0) is 20.7 Å². The molecule has 0 radical (unpaired) electrons. The molecular formula is C23H33N3O4. The van der Waals surface area contributed by atoms with E-state index >= 15 is 0 Å². The molecule has 1 unspecified atom stereocenters. The topological polar surface area (TPSA) is 90.4 Å². The van der Waals surface area contributed by atoms with Crippen molar-refractivity contribution in [3.8, 4) is 0 Å². The number of amides is 1. The first kappa shape index (κ1) is 23.6. The summed E-state index contributed by atoms with van der Waals surface area (Å²) in [5.41, 5.74) is 1.25. The third kappa shape index (κ3) is 8.35. The SMILES string of the molecule is COC(=O)C(CCCCCCCc1ccc2cccnc2n1)NC(=O)OC(C)(C)C. The first-order valence-corrected chi connectivity index (χ1v) is 10.6. The average molecular weight is 416 g/mol.